The topological polar surface area (TPSA) is 82.1 Å². The molecule has 0 aliphatic carbocycles. The first-order valence-corrected chi connectivity index (χ1v) is 20.5. The van der Waals surface area contributed by atoms with Gasteiger partial charge >= 0.3 is 17.9 Å². The van der Waals surface area contributed by atoms with Crippen LogP contribution in [0.5, 0.6) is 0 Å². The summed E-state index contributed by atoms with van der Waals surface area (Å²) >= 11 is 0. The molecule has 0 unspecified atom stereocenters. The molecule has 7 heteroatoms. The van der Waals surface area contributed by atoms with Crippen molar-refractivity contribution in [3.8, 4) is 0 Å². The summed E-state index contributed by atoms with van der Waals surface area (Å²) in [4.78, 5) is 38.6. The zero-order chi connectivity index (χ0) is 35.3. The number of carbonyl (C=O) groups is 3. The number of nitrogens with zero attached hydrogens (tertiary/aromatic N) is 1. The Balaban J connectivity index is 4.04. The monoisotopic (exact) mass is 682 g/mol. The fourth-order valence-corrected chi connectivity index (χ4v) is 6.02. The molecular weight excluding hydrogens is 602 g/mol. The molecule has 0 atom stereocenters. The maximum absolute atomic E-state index is 12.5. The Morgan fingerprint density at radius 3 is 1.21 bits per heavy atom. The van der Waals surface area contributed by atoms with E-state index in [9.17, 15) is 14.4 Å². The molecule has 48 heavy (non-hydrogen) atoms. The van der Waals surface area contributed by atoms with Crippen LogP contribution in [0.2, 0.25) is 0 Å². The van der Waals surface area contributed by atoms with E-state index in [-0.39, 0.29) is 24.0 Å². The Hall–Kier alpha value is -1.63. The van der Waals surface area contributed by atoms with Crippen molar-refractivity contribution in [1.82, 2.24) is 4.90 Å². The highest BCUT2D eigenvalue weighted by Gasteiger charge is 2.14. The van der Waals surface area contributed by atoms with Crippen molar-refractivity contribution < 1.29 is 28.6 Å². The molecule has 0 heterocycles. The number of hydrogen-bond acceptors (Lipinski definition) is 7. The van der Waals surface area contributed by atoms with Gasteiger partial charge in [0.2, 0.25) is 0 Å². The predicted molar refractivity (Wildman–Crippen MR) is 200 cm³/mol. The summed E-state index contributed by atoms with van der Waals surface area (Å²) in [5.41, 5.74) is 0. The smallest absolute Gasteiger partial charge is 0.306 e. The Labute approximate surface area is 297 Å². The molecule has 0 amide bonds. The van der Waals surface area contributed by atoms with Gasteiger partial charge in [0.15, 0.2) is 0 Å². The minimum Gasteiger partial charge on any atom is -0.466 e. The molecule has 0 aromatic rings. The molecule has 0 spiro atoms. The van der Waals surface area contributed by atoms with E-state index in [1.165, 1.54) is 64.2 Å². The zero-order valence-electron chi connectivity index (χ0n) is 32.3. The van der Waals surface area contributed by atoms with Crippen LogP contribution in [0, 0.1) is 0 Å². The lowest BCUT2D eigenvalue weighted by molar-refractivity contribution is -0.150. The normalized spacial score (nSPS) is 11.4. The Morgan fingerprint density at radius 2 is 0.792 bits per heavy atom. The zero-order valence-corrected chi connectivity index (χ0v) is 32.3. The standard InChI is InChI=1S/C41H79NO6/c1-5-7-9-11-13-21-27-36-46-39(43)32-25-19-15-17-23-30-38(48-41(45)34-29-35-42(3)4)31-24-18-16-20-26-33-40(44)47-37-28-22-14-12-10-8-6-2/h38H,5-37H2,1-4H3. The molecule has 0 saturated carbocycles. The third-order valence-corrected chi connectivity index (χ3v) is 9.12. The van der Waals surface area contributed by atoms with Crippen LogP contribution in [-0.4, -0.2) is 62.8 Å². The van der Waals surface area contributed by atoms with Gasteiger partial charge in [0.05, 0.1) is 13.2 Å². The molecule has 0 aliphatic rings. The van der Waals surface area contributed by atoms with Crippen LogP contribution in [-0.2, 0) is 28.6 Å². The number of carbonyl (C=O) groups excluding carboxylic acids is 3. The van der Waals surface area contributed by atoms with Gasteiger partial charge in [-0.1, -0.05) is 129 Å². The highest BCUT2D eigenvalue weighted by Crippen LogP contribution is 2.18. The number of rotatable bonds is 37. The van der Waals surface area contributed by atoms with E-state index >= 15 is 0 Å². The van der Waals surface area contributed by atoms with Crippen molar-refractivity contribution in [2.24, 2.45) is 0 Å². The van der Waals surface area contributed by atoms with Crippen molar-refractivity contribution in [3.63, 3.8) is 0 Å². The summed E-state index contributed by atoms with van der Waals surface area (Å²) in [5, 5.41) is 0. The van der Waals surface area contributed by atoms with Gasteiger partial charge in [0.1, 0.15) is 6.10 Å². The lowest BCUT2D eigenvalue weighted by Gasteiger charge is -2.18. The van der Waals surface area contributed by atoms with Crippen molar-refractivity contribution in [2.45, 2.75) is 213 Å². The van der Waals surface area contributed by atoms with Crippen molar-refractivity contribution >= 4 is 17.9 Å². The Morgan fingerprint density at radius 1 is 0.438 bits per heavy atom. The van der Waals surface area contributed by atoms with Gasteiger partial charge in [0.25, 0.3) is 0 Å². The maximum atomic E-state index is 12.5. The molecule has 0 rings (SSSR count). The highest BCUT2D eigenvalue weighted by atomic mass is 16.5. The van der Waals surface area contributed by atoms with Gasteiger partial charge in [-0.2, -0.15) is 0 Å². The average molecular weight is 682 g/mol. The summed E-state index contributed by atoms with van der Waals surface area (Å²) in [6.45, 7) is 6.49. The van der Waals surface area contributed by atoms with E-state index in [2.05, 4.69) is 18.7 Å². The molecular formula is C41H79NO6. The van der Waals surface area contributed by atoms with E-state index < -0.39 is 0 Å². The minimum absolute atomic E-state index is 0.0138. The van der Waals surface area contributed by atoms with E-state index in [4.69, 9.17) is 14.2 Å². The number of hydrogen-bond donors (Lipinski definition) is 0. The predicted octanol–water partition coefficient (Wildman–Crippen LogP) is 11.3. The fourth-order valence-electron chi connectivity index (χ4n) is 6.02. The summed E-state index contributed by atoms with van der Waals surface area (Å²) in [6, 6.07) is 0. The Bertz CT molecular complexity index is 682. The second kappa shape index (κ2) is 36.6. The summed E-state index contributed by atoms with van der Waals surface area (Å²) in [5.74, 6) is -0.186. The SMILES string of the molecule is CCCCCCCCCOC(=O)CCCCCCCC(CCCCCCCC(=O)OCCCCCCCCC)OC(=O)CCCN(C)C. The van der Waals surface area contributed by atoms with Crippen LogP contribution >= 0.6 is 0 Å². The first-order chi connectivity index (χ1) is 23.4. The number of unbranched alkanes of at least 4 members (excludes halogenated alkanes) is 20. The van der Waals surface area contributed by atoms with Gasteiger partial charge in [0, 0.05) is 19.3 Å². The van der Waals surface area contributed by atoms with Crippen molar-refractivity contribution in [2.75, 3.05) is 33.9 Å². The molecule has 7 nitrogen and oxygen atoms in total. The first kappa shape index (κ1) is 46.4. The largest absolute Gasteiger partial charge is 0.466 e. The van der Waals surface area contributed by atoms with E-state index in [0.717, 1.165) is 116 Å². The molecule has 0 aliphatic heterocycles. The number of esters is 3. The summed E-state index contributed by atoms with van der Waals surface area (Å²) < 4.78 is 16.7. The summed E-state index contributed by atoms with van der Waals surface area (Å²) in [6.07, 6.45) is 31.6. The highest BCUT2D eigenvalue weighted by molar-refractivity contribution is 5.70. The van der Waals surface area contributed by atoms with Gasteiger partial charge in [-0.15, -0.1) is 0 Å². The second-order valence-corrected chi connectivity index (χ2v) is 14.3. The fraction of sp³-hybridized carbons (Fsp3) is 0.927. The van der Waals surface area contributed by atoms with Crippen LogP contribution in [0.15, 0.2) is 0 Å². The van der Waals surface area contributed by atoms with Crippen LogP contribution in [0.25, 0.3) is 0 Å². The van der Waals surface area contributed by atoms with Gasteiger partial charge in [-0.25, -0.2) is 0 Å². The van der Waals surface area contributed by atoms with E-state index in [0.29, 0.717) is 32.5 Å². The molecule has 0 saturated heterocycles. The molecule has 0 N–H and O–H groups in total. The second-order valence-electron chi connectivity index (χ2n) is 14.3. The molecule has 0 aromatic carbocycles. The molecule has 0 fully saturated rings. The molecule has 0 bridgehead atoms. The van der Waals surface area contributed by atoms with Gasteiger partial charge < -0.3 is 19.1 Å². The molecule has 284 valence electrons. The quantitative estimate of drug-likeness (QED) is 0.0366. The van der Waals surface area contributed by atoms with Crippen molar-refractivity contribution in [1.29, 1.82) is 0 Å². The minimum atomic E-state index is -0.0770. The molecule has 0 aromatic heterocycles. The van der Waals surface area contributed by atoms with Crippen LogP contribution in [0.4, 0.5) is 0 Å². The molecule has 0 radical (unpaired) electrons. The lowest BCUT2D eigenvalue weighted by Crippen LogP contribution is -2.20. The lowest BCUT2D eigenvalue weighted by atomic mass is 10.0. The Kier molecular flexibility index (Phi) is 35.4. The van der Waals surface area contributed by atoms with E-state index in [1.54, 1.807) is 0 Å². The van der Waals surface area contributed by atoms with Gasteiger partial charge in [-0.05, 0) is 78.4 Å². The number of ether oxygens (including phenoxy) is 3. The average Bonchev–Trinajstić information content (AvgIpc) is 3.05. The maximum Gasteiger partial charge on any atom is 0.306 e. The third kappa shape index (κ3) is 35.7. The third-order valence-electron chi connectivity index (χ3n) is 9.12. The summed E-state index contributed by atoms with van der Waals surface area (Å²) in [7, 11) is 4.04. The van der Waals surface area contributed by atoms with E-state index in [1.807, 2.05) is 14.1 Å². The van der Waals surface area contributed by atoms with Gasteiger partial charge in [-0.3, -0.25) is 14.4 Å². The first-order valence-electron chi connectivity index (χ1n) is 20.5. The van der Waals surface area contributed by atoms with Crippen LogP contribution in [0.3, 0.4) is 0 Å². The van der Waals surface area contributed by atoms with Crippen molar-refractivity contribution in [3.05, 3.63) is 0 Å². The van der Waals surface area contributed by atoms with Crippen LogP contribution < -0.4 is 0 Å². The van der Waals surface area contributed by atoms with Crippen LogP contribution in [0.1, 0.15) is 206 Å².